The van der Waals surface area contributed by atoms with Crippen molar-refractivity contribution in [2.75, 3.05) is 0 Å². The smallest absolute Gasteiger partial charge is 0.162 e. The molecule has 0 N–H and O–H groups in total. The van der Waals surface area contributed by atoms with Crippen LogP contribution in [0.15, 0.2) is 18.3 Å². The van der Waals surface area contributed by atoms with E-state index in [1.165, 1.54) is 25.7 Å². The molecule has 2 fully saturated rings. The summed E-state index contributed by atoms with van der Waals surface area (Å²) in [5, 5.41) is 17.5. The topological polar surface area (TPSA) is 54.0 Å². The van der Waals surface area contributed by atoms with Gasteiger partial charge in [0.05, 0.1) is 11.6 Å². The number of hydrogen-bond acceptors (Lipinski definition) is 3. The predicted octanol–water partition coefficient (Wildman–Crippen LogP) is 2.50. The lowest BCUT2D eigenvalue weighted by Gasteiger charge is -2.19. The number of rotatable bonds is 1. The summed E-state index contributed by atoms with van der Waals surface area (Å²) in [5.74, 6) is 3.39. The molecule has 4 nitrogen and oxygen atoms in total. The largest absolute Gasteiger partial charge is 0.286 e. The van der Waals surface area contributed by atoms with Crippen molar-refractivity contribution >= 4 is 5.65 Å². The molecule has 2 aromatic heterocycles. The molecular formula is C14H14N4. The predicted molar refractivity (Wildman–Crippen MR) is 65.9 cm³/mol. The summed E-state index contributed by atoms with van der Waals surface area (Å²) >= 11 is 0. The summed E-state index contributed by atoms with van der Waals surface area (Å²) in [7, 11) is 0. The molecule has 0 amide bonds. The summed E-state index contributed by atoms with van der Waals surface area (Å²) in [6.07, 6.45) is 7.33. The number of hydrogen-bond donors (Lipinski definition) is 0. The van der Waals surface area contributed by atoms with Gasteiger partial charge in [0.25, 0.3) is 0 Å². The second-order valence-electron chi connectivity index (χ2n) is 5.59. The van der Waals surface area contributed by atoms with E-state index < -0.39 is 0 Å². The van der Waals surface area contributed by atoms with Gasteiger partial charge in [-0.25, -0.2) is 0 Å². The van der Waals surface area contributed by atoms with Gasteiger partial charge in [0.2, 0.25) is 0 Å². The molecule has 0 aromatic carbocycles. The lowest BCUT2D eigenvalue weighted by atomic mass is 9.88. The van der Waals surface area contributed by atoms with E-state index in [-0.39, 0.29) is 0 Å². The molecule has 0 saturated heterocycles. The van der Waals surface area contributed by atoms with Crippen LogP contribution in [0.2, 0.25) is 0 Å². The van der Waals surface area contributed by atoms with Crippen LogP contribution in [0.1, 0.15) is 43.0 Å². The molecule has 4 rings (SSSR count). The Hall–Kier alpha value is -1.89. The van der Waals surface area contributed by atoms with Gasteiger partial charge in [0.15, 0.2) is 5.65 Å². The Balaban J connectivity index is 1.80. The minimum atomic E-state index is 0.576. The maximum absolute atomic E-state index is 8.89. The van der Waals surface area contributed by atoms with Gasteiger partial charge in [-0.3, -0.25) is 4.40 Å². The van der Waals surface area contributed by atoms with Crippen molar-refractivity contribution in [3.05, 3.63) is 29.7 Å². The molecule has 3 unspecified atom stereocenters. The Morgan fingerprint density at radius 1 is 1.28 bits per heavy atom. The van der Waals surface area contributed by atoms with Crippen molar-refractivity contribution in [2.24, 2.45) is 11.8 Å². The van der Waals surface area contributed by atoms with Crippen LogP contribution in [-0.4, -0.2) is 14.6 Å². The third-order valence-corrected chi connectivity index (χ3v) is 4.64. The Morgan fingerprint density at radius 2 is 2.22 bits per heavy atom. The average Bonchev–Trinajstić information content (AvgIpc) is 3.11. The first-order chi connectivity index (χ1) is 8.85. The SMILES string of the molecule is N#Cc1ccn2c(C3CC4CCC3C4)nnc2c1. The molecular weight excluding hydrogens is 224 g/mol. The summed E-state index contributed by atoms with van der Waals surface area (Å²) in [6, 6.07) is 5.79. The van der Waals surface area contributed by atoms with Crippen LogP contribution in [0.3, 0.4) is 0 Å². The fourth-order valence-corrected chi connectivity index (χ4v) is 3.79. The van der Waals surface area contributed by atoms with Gasteiger partial charge in [-0.15, -0.1) is 10.2 Å². The Bertz CT molecular complexity index is 651. The fraction of sp³-hybridized carbons (Fsp3) is 0.500. The Kier molecular flexibility index (Phi) is 1.99. The molecule has 0 aliphatic heterocycles. The van der Waals surface area contributed by atoms with Crippen molar-refractivity contribution in [1.82, 2.24) is 14.6 Å². The number of aromatic nitrogens is 3. The maximum atomic E-state index is 8.89. The first-order valence-corrected chi connectivity index (χ1v) is 6.60. The molecule has 2 saturated carbocycles. The molecule has 2 heterocycles. The number of pyridine rings is 1. The molecule has 0 radical (unpaired) electrons. The van der Waals surface area contributed by atoms with Gasteiger partial charge in [-0.2, -0.15) is 5.26 Å². The monoisotopic (exact) mass is 238 g/mol. The lowest BCUT2D eigenvalue weighted by molar-refractivity contribution is 0.403. The van der Waals surface area contributed by atoms with Crippen molar-refractivity contribution in [1.29, 1.82) is 5.26 Å². The first-order valence-electron chi connectivity index (χ1n) is 6.60. The average molecular weight is 238 g/mol. The molecule has 0 spiro atoms. The van der Waals surface area contributed by atoms with Crippen LogP contribution in [0, 0.1) is 23.2 Å². The third-order valence-electron chi connectivity index (χ3n) is 4.64. The van der Waals surface area contributed by atoms with E-state index in [0.29, 0.717) is 11.5 Å². The molecule has 4 heteroatoms. The van der Waals surface area contributed by atoms with Crippen molar-refractivity contribution < 1.29 is 0 Å². The quantitative estimate of drug-likeness (QED) is 0.767. The Labute approximate surface area is 105 Å². The third kappa shape index (κ3) is 1.30. The van der Waals surface area contributed by atoms with Gasteiger partial charge in [0, 0.05) is 18.2 Å². The highest BCUT2D eigenvalue weighted by Crippen LogP contribution is 2.52. The molecule has 18 heavy (non-hydrogen) atoms. The summed E-state index contributed by atoms with van der Waals surface area (Å²) < 4.78 is 2.06. The highest BCUT2D eigenvalue weighted by molar-refractivity contribution is 5.45. The zero-order chi connectivity index (χ0) is 12.1. The number of nitriles is 1. The molecule has 2 aliphatic carbocycles. The summed E-state index contributed by atoms with van der Waals surface area (Å²) in [5.41, 5.74) is 1.45. The van der Waals surface area contributed by atoms with E-state index >= 15 is 0 Å². The highest BCUT2D eigenvalue weighted by Gasteiger charge is 2.42. The maximum Gasteiger partial charge on any atom is 0.162 e. The van der Waals surface area contributed by atoms with Crippen molar-refractivity contribution in [3.63, 3.8) is 0 Å². The van der Waals surface area contributed by atoms with E-state index in [1.807, 2.05) is 18.3 Å². The normalized spacial score (nSPS) is 29.8. The van der Waals surface area contributed by atoms with Crippen LogP contribution in [0.4, 0.5) is 0 Å². The summed E-state index contributed by atoms with van der Waals surface area (Å²) in [4.78, 5) is 0. The van der Waals surface area contributed by atoms with Crippen molar-refractivity contribution in [3.8, 4) is 6.07 Å². The lowest BCUT2D eigenvalue weighted by Crippen LogP contribution is -2.12. The van der Waals surface area contributed by atoms with Gasteiger partial charge >= 0.3 is 0 Å². The first kappa shape index (κ1) is 10.1. The second kappa shape index (κ2) is 3.55. The highest BCUT2D eigenvalue weighted by atomic mass is 15.2. The zero-order valence-electron chi connectivity index (χ0n) is 10.1. The minimum Gasteiger partial charge on any atom is -0.286 e. The minimum absolute atomic E-state index is 0.576. The van der Waals surface area contributed by atoms with Gasteiger partial charge in [-0.05, 0) is 37.2 Å². The van der Waals surface area contributed by atoms with Crippen LogP contribution in [0.5, 0.6) is 0 Å². The van der Waals surface area contributed by atoms with E-state index in [1.54, 1.807) is 0 Å². The van der Waals surface area contributed by atoms with Crippen LogP contribution in [0.25, 0.3) is 5.65 Å². The van der Waals surface area contributed by atoms with Gasteiger partial charge < -0.3 is 0 Å². The molecule has 2 aliphatic rings. The van der Waals surface area contributed by atoms with Gasteiger partial charge in [0.1, 0.15) is 5.82 Å². The Morgan fingerprint density at radius 3 is 2.94 bits per heavy atom. The van der Waals surface area contributed by atoms with E-state index in [0.717, 1.165) is 23.3 Å². The molecule has 2 bridgehead atoms. The zero-order valence-corrected chi connectivity index (χ0v) is 10.1. The van der Waals surface area contributed by atoms with E-state index in [2.05, 4.69) is 20.7 Å². The number of fused-ring (bicyclic) bond motifs is 3. The summed E-state index contributed by atoms with van der Waals surface area (Å²) in [6.45, 7) is 0. The van der Waals surface area contributed by atoms with Crippen molar-refractivity contribution in [2.45, 2.75) is 31.6 Å². The standard InChI is InChI=1S/C14H14N4/c15-8-10-3-4-18-13(7-10)16-17-14(18)12-6-9-1-2-11(12)5-9/h3-4,7,9,11-12H,1-2,5-6H2. The number of nitrogens with zero attached hydrogens (tertiary/aromatic N) is 4. The molecule has 2 aromatic rings. The van der Waals surface area contributed by atoms with E-state index in [4.69, 9.17) is 5.26 Å². The van der Waals surface area contributed by atoms with Gasteiger partial charge in [-0.1, -0.05) is 6.42 Å². The van der Waals surface area contributed by atoms with E-state index in [9.17, 15) is 0 Å². The van der Waals surface area contributed by atoms with Crippen LogP contribution < -0.4 is 0 Å². The van der Waals surface area contributed by atoms with Crippen LogP contribution >= 0.6 is 0 Å². The molecule has 3 atom stereocenters. The second-order valence-corrected chi connectivity index (χ2v) is 5.59. The molecule has 90 valence electrons. The van der Waals surface area contributed by atoms with Crippen LogP contribution in [-0.2, 0) is 0 Å². The fourth-order valence-electron chi connectivity index (χ4n) is 3.79.